The van der Waals surface area contributed by atoms with Crippen LogP contribution in [0.2, 0.25) is 0 Å². The van der Waals surface area contributed by atoms with Gasteiger partial charge in [-0.1, -0.05) is 36.4 Å². The maximum Gasteiger partial charge on any atom is 0.242 e. The van der Waals surface area contributed by atoms with Crippen molar-refractivity contribution in [1.29, 1.82) is 0 Å². The topological polar surface area (TPSA) is 71.0 Å². The van der Waals surface area contributed by atoms with Crippen molar-refractivity contribution in [2.75, 3.05) is 33.4 Å². The molecule has 0 saturated carbocycles. The number of nitrogens with zero attached hydrogens (tertiary/aromatic N) is 1. The van der Waals surface area contributed by atoms with Crippen LogP contribution in [0, 0.1) is 0 Å². The van der Waals surface area contributed by atoms with Gasteiger partial charge in [-0.2, -0.15) is 0 Å². The van der Waals surface area contributed by atoms with Crippen molar-refractivity contribution in [2.45, 2.75) is 43.9 Å². The average molecular weight is 425 g/mol. The summed E-state index contributed by atoms with van der Waals surface area (Å²) in [7, 11) is 1.64. The summed E-state index contributed by atoms with van der Waals surface area (Å²) < 4.78 is 11.7. The first-order chi connectivity index (χ1) is 15.2. The molecule has 1 saturated heterocycles. The number of fused-ring (bicyclic) bond motifs is 1. The van der Waals surface area contributed by atoms with Crippen LogP contribution in [0.3, 0.4) is 0 Å². The highest BCUT2D eigenvalue weighted by Crippen LogP contribution is 2.32. The van der Waals surface area contributed by atoms with Crippen molar-refractivity contribution in [3.05, 3.63) is 65.2 Å². The minimum atomic E-state index is -0.608. The minimum absolute atomic E-state index is 0.0210. The molecule has 0 unspecified atom stereocenters. The van der Waals surface area contributed by atoms with E-state index in [1.165, 1.54) is 0 Å². The van der Waals surface area contributed by atoms with Crippen LogP contribution in [0.25, 0.3) is 0 Å². The highest BCUT2D eigenvalue weighted by Gasteiger charge is 2.36. The Labute approximate surface area is 184 Å². The molecule has 1 amide bonds. The summed E-state index contributed by atoms with van der Waals surface area (Å²) in [6.07, 6.45) is 3.52. The minimum Gasteiger partial charge on any atom is -0.493 e. The van der Waals surface area contributed by atoms with Gasteiger partial charge in [-0.15, -0.1) is 0 Å². The predicted molar refractivity (Wildman–Crippen MR) is 119 cm³/mol. The fraction of sp³-hybridized carbons (Fsp3) is 0.480. The summed E-state index contributed by atoms with van der Waals surface area (Å²) in [5, 5.41) is 13.5. The zero-order valence-corrected chi connectivity index (χ0v) is 18.1. The van der Waals surface area contributed by atoms with E-state index in [1.807, 2.05) is 47.4 Å². The van der Waals surface area contributed by atoms with Crippen LogP contribution in [-0.4, -0.2) is 55.4 Å². The first kappa shape index (κ1) is 21.8. The molecule has 2 aromatic rings. The molecule has 166 valence electrons. The summed E-state index contributed by atoms with van der Waals surface area (Å²) >= 11 is 0. The van der Waals surface area contributed by atoms with Crippen LogP contribution in [0.5, 0.6) is 5.75 Å². The number of aryl methyl sites for hydroxylation is 1. The van der Waals surface area contributed by atoms with E-state index in [0.29, 0.717) is 0 Å². The van der Waals surface area contributed by atoms with Crippen LogP contribution >= 0.6 is 0 Å². The number of hydrogen-bond acceptors (Lipinski definition) is 5. The van der Waals surface area contributed by atoms with E-state index < -0.39 is 12.1 Å². The van der Waals surface area contributed by atoms with Crippen LogP contribution in [0.15, 0.2) is 48.5 Å². The van der Waals surface area contributed by atoms with Gasteiger partial charge in [-0.3, -0.25) is 10.1 Å². The summed E-state index contributed by atoms with van der Waals surface area (Å²) in [4.78, 5) is 15.5. The number of likely N-dealkylation sites (tertiary alicyclic amines) is 1. The third kappa shape index (κ3) is 4.92. The molecular weight excluding hydrogens is 392 g/mol. The molecule has 3 atom stereocenters. The van der Waals surface area contributed by atoms with Gasteiger partial charge in [0.05, 0.1) is 19.3 Å². The van der Waals surface area contributed by atoms with E-state index in [9.17, 15) is 9.90 Å². The Morgan fingerprint density at radius 1 is 1.13 bits per heavy atom. The molecule has 0 bridgehead atoms. The lowest BCUT2D eigenvalue weighted by Crippen LogP contribution is -2.51. The lowest BCUT2D eigenvalue weighted by Gasteiger charge is -2.33. The molecule has 2 heterocycles. The van der Waals surface area contributed by atoms with Gasteiger partial charge in [0.1, 0.15) is 17.9 Å². The zero-order valence-electron chi connectivity index (χ0n) is 18.1. The van der Waals surface area contributed by atoms with Gasteiger partial charge in [0.15, 0.2) is 0 Å². The fourth-order valence-corrected chi connectivity index (χ4v) is 4.60. The second-order valence-corrected chi connectivity index (χ2v) is 8.30. The van der Waals surface area contributed by atoms with Crippen molar-refractivity contribution in [3.63, 3.8) is 0 Å². The van der Waals surface area contributed by atoms with E-state index in [-0.39, 0.29) is 18.6 Å². The van der Waals surface area contributed by atoms with E-state index >= 15 is 0 Å². The van der Waals surface area contributed by atoms with Crippen molar-refractivity contribution in [1.82, 2.24) is 10.2 Å². The van der Waals surface area contributed by atoms with Crippen molar-refractivity contribution in [2.24, 2.45) is 0 Å². The average Bonchev–Trinajstić information content (AvgIpc) is 3.37. The van der Waals surface area contributed by atoms with Gasteiger partial charge < -0.3 is 19.5 Å². The number of aliphatic hydroxyl groups is 1. The summed E-state index contributed by atoms with van der Waals surface area (Å²) in [5.41, 5.74) is 3.04. The SMILES string of the molecule is CO[C@H](c1ccc2c(c1)CCCO2)[C@H](N[C@H](CO)c1ccccc1)C(=O)N1CCCC1. The quantitative estimate of drug-likeness (QED) is 0.682. The molecule has 6 nitrogen and oxygen atoms in total. The van der Waals surface area contributed by atoms with E-state index in [2.05, 4.69) is 11.4 Å². The molecule has 2 aliphatic rings. The van der Waals surface area contributed by atoms with Gasteiger partial charge in [-0.25, -0.2) is 0 Å². The third-order valence-electron chi connectivity index (χ3n) is 6.27. The van der Waals surface area contributed by atoms with Crippen LogP contribution < -0.4 is 10.1 Å². The van der Waals surface area contributed by atoms with Gasteiger partial charge in [0.25, 0.3) is 0 Å². The first-order valence-corrected chi connectivity index (χ1v) is 11.2. The highest BCUT2D eigenvalue weighted by molar-refractivity contribution is 5.83. The summed E-state index contributed by atoms with van der Waals surface area (Å²) in [6.45, 7) is 2.16. The van der Waals surface area contributed by atoms with E-state index in [4.69, 9.17) is 9.47 Å². The molecule has 2 aliphatic heterocycles. The second kappa shape index (κ2) is 10.3. The Morgan fingerprint density at radius 3 is 2.61 bits per heavy atom. The molecular formula is C25H32N2O4. The maximum atomic E-state index is 13.6. The second-order valence-electron chi connectivity index (χ2n) is 8.30. The Balaban J connectivity index is 1.65. The standard InChI is InChI=1S/C25H32N2O4/c1-30-24(20-11-12-22-19(16-20)10-7-15-31-22)23(25(29)27-13-5-6-14-27)26-21(17-28)18-8-3-2-4-9-18/h2-4,8-9,11-12,16,21,23-24,26,28H,5-7,10,13-15,17H2,1H3/t21-,23+,24-/m1/s1. The number of hydrogen-bond donors (Lipinski definition) is 2. The van der Waals surface area contributed by atoms with Crippen LogP contribution in [0.4, 0.5) is 0 Å². The molecule has 2 aromatic carbocycles. The highest BCUT2D eigenvalue weighted by atomic mass is 16.5. The number of carbonyl (C=O) groups excluding carboxylic acids is 1. The zero-order chi connectivity index (χ0) is 21.6. The van der Waals surface area contributed by atoms with Gasteiger partial charge in [-0.05, 0) is 54.5 Å². The molecule has 0 spiro atoms. The number of rotatable bonds is 8. The smallest absolute Gasteiger partial charge is 0.242 e. The van der Waals surface area contributed by atoms with Gasteiger partial charge >= 0.3 is 0 Å². The molecule has 0 aromatic heterocycles. The number of ether oxygens (including phenoxy) is 2. The Bertz CT molecular complexity index is 867. The lowest BCUT2D eigenvalue weighted by atomic mass is 9.95. The van der Waals surface area contributed by atoms with Crippen molar-refractivity contribution in [3.8, 4) is 5.75 Å². The van der Waals surface area contributed by atoms with E-state index in [0.717, 1.165) is 67.8 Å². The van der Waals surface area contributed by atoms with Crippen LogP contribution in [0.1, 0.15) is 48.1 Å². The normalized spacial score (nSPS) is 18.7. The molecule has 0 radical (unpaired) electrons. The summed E-state index contributed by atoms with van der Waals surface area (Å²) in [5.74, 6) is 0.936. The summed E-state index contributed by atoms with van der Waals surface area (Å²) in [6, 6.07) is 14.8. The van der Waals surface area contributed by atoms with Crippen LogP contribution in [-0.2, 0) is 16.0 Å². The molecule has 1 fully saturated rings. The number of methoxy groups -OCH3 is 1. The van der Waals surface area contributed by atoms with Crippen molar-refractivity contribution >= 4 is 5.91 Å². The fourth-order valence-electron chi connectivity index (χ4n) is 4.60. The Morgan fingerprint density at radius 2 is 1.90 bits per heavy atom. The maximum absolute atomic E-state index is 13.6. The number of amides is 1. The van der Waals surface area contributed by atoms with Gasteiger partial charge in [0, 0.05) is 20.2 Å². The number of aliphatic hydroxyl groups excluding tert-OH is 1. The van der Waals surface area contributed by atoms with Crippen molar-refractivity contribution < 1.29 is 19.4 Å². The largest absolute Gasteiger partial charge is 0.493 e. The molecule has 6 heteroatoms. The number of carbonyl (C=O) groups is 1. The molecule has 4 rings (SSSR count). The number of nitrogens with one attached hydrogen (secondary N) is 1. The van der Waals surface area contributed by atoms with Gasteiger partial charge in [0.2, 0.25) is 5.91 Å². The number of benzene rings is 2. The first-order valence-electron chi connectivity index (χ1n) is 11.2. The Hall–Kier alpha value is -2.41. The lowest BCUT2D eigenvalue weighted by molar-refractivity contribution is -0.136. The Kier molecular flexibility index (Phi) is 7.22. The van der Waals surface area contributed by atoms with E-state index in [1.54, 1.807) is 7.11 Å². The molecule has 31 heavy (non-hydrogen) atoms. The predicted octanol–water partition coefficient (Wildman–Crippen LogP) is 3.01. The molecule has 0 aliphatic carbocycles. The third-order valence-corrected chi connectivity index (χ3v) is 6.27. The molecule has 2 N–H and O–H groups in total. The monoisotopic (exact) mass is 424 g/mol.